The van der Waals surface area contributed by atoms with Gasteiger partial charge in [-0.2, -0.15) is 0 Å². The van der Waals surface area contributed by atoms with Crippen LogP contribution in [0.2, 0.25) is 5.02 Å². The van der Waals surface area contributed by atoms with Gasteiger partial charge in [0, 0.05) is 45.1 Å². The lowest BCUT2D eigenvalue weighted by Crippen LogP contribution is -2.57. The van der Waals surface area contributed by atoms with Crippen LogP contribution in [0.25, 0.3) is 0 Å². The average Bonchev–Trinajstić information content (AvgIpc) is 2.96. The van der Waals surface area contributed by atoms with Crippen LogP contribution in [0.1, 0.15) is 62.6 Å². The number of amides is 3. The van der Waals surface area contributed by atoms with Gasteiger partial charge in [-0.3, -0.25) is 14.4 Å². The van der Waals surface area contributed by atoms with Gasteiger partial charge in [0.15, 0.2) is 0 Å². The molecule has 0 spiro atoms. The third-order valence-corrected chi connectivity index (χ3v) is 8.82. The molecule has 228 valence electrons. The van der Waals surface area contributed by atoms with E-state index in [1.807, 2.05) is 36.1 Å². The fraction of sp³-hybridized carbons (Fsp3) is 0.548. The lowest BCUT2D eigenvalue weighted by atomic mass is 9.82. The number of carbonyl (C=O) groups is 3. The fourth-order valence-electron chi connectivity index (χ4n) is 5.53. The van der Waals surface area contributed by atoms with Crippen molar-refractivity contribution in [1.82, 2.24) is 20.1 Å². The Kier molecular flexibility index (Phi) is 10.5. The van der Waals surface area contributed by atoms with E-state index in [0.717, 1.165) is 29.5 Å². The lowest BCUT2D eigenvalue weighted by molar-refractivity contribution is -0.144. The molecule has 0 radical (unpaired) electrons. The number of nitrogens with one attached hydrogen (secondary N) is 2. The molecular formula is C31H43ClN6O4. The number of rotatable bonds is 10. The summed E-state index contributed by atoms with van der Waals surface area (Å²) in [6.07, 6.45) is 2.96. The van der Waals surface area contributed by atoms with Crippen molar-refractivity contribution >= 4 is 35.1 Å². The summed E-state index contributed by atoms with van der Waals surface area (Å²) in [5.74, 6) is -0.251. The molecule has 3 atom stereocenters. The van der Waals surface area contributed by atoms with Crippen molar-refractivity contribution < 1.29 is 19.5 Å². The highest BCUT2D eigenvalue weighted by molar-refractivity contribution is 6.31. The van der Waals surface area contributed by atoms with Crippen LogP contribution in [-0.2, 0) is 27.3 Å². The molecule has 1 fully saturated rings. The van der Waals surface area contributed by atoms with Crippen LogP contribution in [0.4, 0.5) is 5.82 Å². The number of aliphatic hydroxyl groups is 1. The predicted molar refractivity (Wildman–Crippen MR) is 163 cm³/mol. The number of pyridine rings is 1. The smallest absolute Gasteiger partial charge is 0.243 e. The molecule has 11 heteroatoms. The Morgan fingerprint density at radius 3 is 2.48 bits per heavy atom. The number of nitrogens with zero attached hydrogens (tertiary/aromatic N) is 3. The van der Waals surface area contributed by atoms with E-state index in [1.54, 1.807) is 11.0 Å². The molecule has 0 bridgehead atoms. The third kappa shape index (κ3) is 7.99. The molecule has 0 saturated carbocycles. The molecule has 1 saturated heterocycles. The Balaban J connectivity index is 1.44. The van der Waals surface area contributed by atoms with Crippen molar-refractivity contribution in [2.45, 2.75) is 84.2 Å². The summed E-state index contributed by atoms with van der Waals surface area (Å²) in [5, 5.41) is 17.3. The number of hydrogen-bond acceptors (Lipinski definition) is 7. The molecule has 2 aliphatic heterocycles. The van der Waals surface area contributed by atoms with Gasteiger partial charge < -0.3 is 31.3 Å². The minimum Gasteiger partial charge on any atom is -0.372 e. The molecule has 1 aromatic heterocycles. The molecule has 3 heterocycles. The van der Waals surface area contributed by atoms with E-state index in [9.17, 15) is 19.5 Å². The highest BCUT2D eigenvalue weighted by atomic mass is 35.5. The summed E-state index contributed by atoms with van der Waals surface area (Å²) < 4.78 is 0. The van der Waals surface area contributed by atoms with Crippen molar-refractivity contribution in [2.75, 3.05) is 25.0 Å². The third-order valence-electron chi connectivity index (χ3n) is 8.42. The minimum atomic E-state index is -1.18. The first kappa shape index (κ1) is 31.7. The Morgan fingerprint density at radius 2 is 1.81 bits per heavy atom. The molecule has 0 aliphatic carbocycles. The van der Waals surface area contributed by atoms with Gasteiger partial charge in [0.05, 0.1) is 11.1 Å². The van der Waals surface area contributed by atoms with Crippen LogP contribution in [0.5, 0.6) is 0 Å². The molecule has 42 heavy (non-hydrogen) atoms. The van der Waals surface area contributed by atoms with Gasteiger partial charge in [0.25, 0.3) is 0 Å². The Hall–Kier alpha value is -3.21. The lowest BCUT2D eigenvalue weighted by Gasteiger charge is -2.38. The van der Waals surface area contributed by atoms with Crippen LogP contribution >= 0.6 is 11.6 Å². The number of nitrogens with two attached hydrogens (primary N) is 1. The Morgan fingerprint density at radius 1 is 1.14 bits per heavy atom. The van der Waals surface area contributed by atoms with E-state index >= 15 is 0 Å². The first-order valence-corrected chi connectivity index (χ1v) is 15.1. The monoisotopic (exact) mass is 598 g/mol. The van der Waals surface area contributed by atoms with Gasteiger partial charge in [-0.15, -0.1) is 0 Å². The van der Waals surface area contributed by atoms with Crippen LogP contribution in [0.3, 0.4) is 0 Å². The van der Waals surface area contributed by atoms with Crippen molar-refractivity contribution in [3.63, 3.8) is 0 Å². The van der Waals surface area contributed by atoms with E-state index in [4.69, 9.17) is 17.3 Å². The predicted octanol–water partition coefficient (Wildman–Crippen LogP) is 2.99. The number of benzene rings is 1. The number of anilines is 1. The first-order valence-electron chi connectivity index (χ1n) is 14.7. The van der Waals surface area contributed by atoms with E-state index in [2.05, 4.69) is 29.5 Å². The maximum atomic E-state index is 13.7. The zero-order valence-corrected chi connectivity index (χ0v) is 25.5. The molecule has 4 rings (SSSR count). The van der Waals surface area contributed by atoms with Gasteiger partial charge in [-0.05, 0) is 60.9 Å². The molecular weight excluding hydrogens is 556 g/mol. The van der Waals surface area contributed by atoms with E-state index in [-0.39, 0.29) is 49.1 Å². The van der Waals surface area contributed by atoms with Gasteiger partial charge in [-0.25, -0.2) is 4.98 Å². The number of likely N-dealkylation sites (tertiary alicyclic amines) is 1. The highest BCUT2D eigenvalue weighted by Crippen LogP contribution is 2.30. The zero-order chi connectivity index (χ0) is 30.4. The maximum absolute atomic E-state index is 13.7. The number of carbonyl (C=O) groups excluding carboxylic acids is 3. The average molecular weight is 599 g/mol. The molecule has 2 aromatic rings. The number of aryl methyl sites for hydroxylation is 1. The van der Waals surface area contributed by atoms with Crippen molar-refractivity contribution in [3.05, 3.63) is 58.2 Å². The van der Waals surface area contributed by atoms with Crippen molar-refractivity contribution in [3.8, 4) is 0 Å². The van der Waals surface area contributed by atoms with Crippen LogP contribution in [0, 0.1) is 12.3 Å². The largest absolute Gasteiger partial charge is 0.372 e. The van der Waals surface area contributed by atoms with Gasteiger partial charge >= 0.3 is 0 Å². The number of fused-ring (bicyclic) bond motifs is 1. The van der Waals surface area contributed by atoms with Crippen LogP contribution in [0.15, 0.2) is 36.5 Å². The maximum Gasteiger partial charge on any atom is 0.243 e. The molecule has 3 amide bonds. The molecule has 10 nitrogen and oxygen atoms in total. The van der Waals surface area contributed by atoms with Crippen molar-refractivity contribution in [2.24, 2.45) is 11.1 Å². The molecule has 1 unspecified atom stereocenters. The fourth-order valence-corrected chi connectivity index (χ4v) is 5.64. The number of halogens is 1. The van der Waals surface area contributed by atoms with Crippen molar-refractivity contribution in [1.29, 1.82) is 0 Å². The number of hydrogen-bond donors (Lipinski definition) is 4. The normalized spacial score (nSPS) is 19.4. The van der Waals surface area contributed by atoms with Gasteiger partial charge in [0.2, 0.25) is 17.7 Å². The van der Waals surface area contributed by atoms with Crippen LogP contribution < -0.4 is 16.4 Å². The second kappa shape index (κ2) is 13.8. The standard InChI is InChI=1S/C31H43ClN6O4/c1-20-16-26(34-18-23(20)32)36-29(41)24(10-13-33)35-30(42)25-17-21-6-4-5-7-22(21)19-38(25)28(40)9-8-27(39)37-14-11-31(2,3)12-15-37/h4-7,16,18,24-25,29,41H,8-15,17,19,33H2,1-3H3,(H,34,36)(H,35,42)/t24-,25-,29?/m0/s1. The van der Waals surface area contributed by atoms with Gasteiger partial charge in [0.1, 0.15) is 18.1 Å². The molecule has 1 aromatic carbocycles. The van der Waals surface area contributed by atoms with Crippen LogP contribution in [-0.4, -0.2) is 75.6 Å². The summed E-state index contributed by atoms with van der Waals surface area (Å²) >= 11 is 6.07. The Labute approximate surface area is 253 Å². The quantitative estimate of drug-likeness (QED) is 0.308. The number of piperidine rings is 1. The Bertz CT molecular complexity index is 1280. The second-order valence-electron chi connectivity index (χ2n) is 12.2. The summed E-state index contributed by atoms with van der Waals surface area (Å²) in [6.45, 7) is 8.14. The van der Waals surface area contributed by atoms with E-state index in [1.165, 1.54) is 6.20 Å². The zero-order valence-electron chi connectivity index (χ0n) is 24.7. The van der Waals surface area contributed by atoms with E-state index in [0.29, 0.717) is 36.8 Å². The van der Waals surface area contributed by atoms with E-state index < -0.39 is 18.3 Å². The topological polar surface area (TPSA) is 141 Å². The highest BCUT2D eigenvalue weighted by Gasteiger charge is 2.36. The number of aromatic nitrogens is 1. The molecule has 2 aliphatic rings. The minimum absolute atomic E-state index is 0.0273. The summed E-state index contributed by atoms with van der Waals surface area (Å²) in [5.41, 5.74) is 8.80. The summed E-state index contributed by atoms with van der Waals surface area (Å²) in [7, 11) is 0. The SMILES string of the molecule is Cc1cc(NC(O)[C@H](CCN)NC(=O)[C@@H]2Cc3ccccc3CN2C(=O)CCC(=O)N2CCC(C)(C)CC2)ncc1Cl. The number of aliphatic hydroxyl groups excluding tert-OH is 1. The van der Waals surface area contributed by atoms with Gasteiger partial charge in [-0.1, -0.05) is 49.7 Å². The molecule has 5 N–H and O–H groups in total. The summed E-state index contributed by atoms with van der Waals surface area (Å²) in [4.78, 5) is 47.8. The first-order chi connectivity index (χ1) is 20.0. The second-order valence-corrected chi connectivity index (χ2v) is 12.6. The summed E-state index contributed by atoms with van der Waals surface area (Å²) in [6, 6.07) is 7.92.